The van der Waals surface area contributed by atoms with E-state index in [0.29, 0.717) is 12.0 Å². The van der Waals surface area contributed by atoms with Crippen molar-refractivity contribution in [3.05, 3.63) is 47.0 Å². The van der Waals surface area contributed by atoms with Crippen LogP contribution in [0.4, 0.5) is 0 Å². The highest BCUT2D eigenvalue weighted by Gasteiger charge is 2.75. The second kappa shape index (κ2) is 9.74. The molecule has 1 aromatic carbocycles. The fourth-order valence-electron chi connectivity index (χ4n) is 8.65. The molecule has 0 amide bonds. The monoisotopic (exact) mass is 570 g/mol. The number of carboxylic acids is 2. The normalized spacial score (nSPS) is 39.4. The van der Waals surface area contributed by atoms with Crippen molar-refractivity contribution >= 4 is 23.7 Å². The van der Waals surface area contributed by atoms with Crippen LogP contribution in [0.2, 0.25) is 0 Å². The number of esters is 1. The van der Waals surface area contributed by atoms with Crippen LogP contribution in [0.5, 0.6) is 0 Å². The molecule has 222 valence electrons. The van der Waals surface area contributed by atoms with Crippen molar-refractivity contribution < 1.29 is 49.1 Å². The molecule has 10 heteroatoms. The highest BCUT2D eigenvalue weighted by Crippen LogP contribution is 2.67. The maximum atomic E-state index is 14.8. The summed E-state index contributed by atoms with van der Waals surface area (Å²) >= 11 is 0. The lowest BCUT2D eigenvalue weighted by atomic mass is 9.40. The van der Waals surface area contributed by atoms with Crippen LogP contribution in [-0.4, -0.2) is 74.6 Å². The Kier molecular flexibility index (Phi) is 6.99. The molecule has 8 unspecified atom stereocenters. The summed E-state index contributed by atoms with van der Waals surface area (Å²) in [7, 11) is 0. The highest BCUT2D eigenvalue weighted by atomic mass is 16.6. The molecular formula is C31H38O10. The van der Waals surface area contributed by atoms with Crippen molar-refractivity contribution in [2.45, 2.75) is 83.7 Å². The summed E-state index contributed by atoms with van der Waals surface area (Å²) in [4.78, 5) is 52.9. The quantitative estimate of drug-likeness (QED) is 0.295. The van der Waals surface area contributed by atoms with Crippen molar-refractivity contribution in [3.63, 3.8) is 0 Å². The van der Waals surface area contributed by atoms with E-state index in [1.165, 1.54) is 6.92 Å². The third-order valence-electron chi connectivity index (χ3n) is 10.8. The molecule has 10 nitrogen and oxygen atoms in total. The van der Waals surface area contributed by atoms with Crippen LogP contribution in [0.3, 0.4) is 0 Å². The number of aliphatic hydroxyl groups is 2. The van der Waals surface area contributed by atoms with Crippen molar-refractivity contribution in [1.29, 1.82) is 0 Å². The summed E-state index contributed by atoms with van der Waals surface area (Å²) in [5, 5.41) is 44.4. The molecule has 41 heavy (non-hydrogen) atoms. The van der Waals surface area contributed by atoms with Crippen molar-refractivity contribution in [3.8, 4) is 0 Å². The lowest BCUT2D eigenvalue weighted by Crippen LogP contribution is -2.77. The first-order chi connectivity index (χ1) is 19.1. The number of carbonyl (C=O) groups excluding carboxylic acids is 2. The number of aliphatic hydroxyl groups excluding tert-OH is 1. The molecule has 0 spiro atoms. The van der Waals surface area contributed by atoms with Crippen molar-refractivity contribution in [1.82, 2.24) is 0 Å². The molecule has 3 fully saturated rings. The van der Waals surface area contributed by atoms with E-state index >= 15 is 0 Å². The minimum absolute atomic E-state index is 0.0506. The Morgan fingerprint density at radius 1 is 1.07 bits per heavy atom. The minimum atomic E-state index is -1.83. The molecule has 4 N–H and O–H groups in total. The van der Waals surface area contributed by atoms with Gasteiger partial charge in [-0.05, 0) is 38.8 Å². The van der Waals surface area contributed by atoms with E-state index in [2.05, 4.69) is 0 Å². The van der Waals surface area contributed by atoms with Crippen LogP contribution in [0.25, 0.3) is 0 Å². The van der Waals surface area contributed by atoms with E-state index < -0.39 is 88.5 Å². The number of fused-ring (bicyclic) bond motifs is 5. The first kappa shape index (κ1) is 29.4. The van der Waals surface area contributed by atoms with Crippen LogP contribution >= 0.6 is 0 Å². The van der Waals surface area contributed by atoms with E-state index in [9.17, 15) is 39.6 Å². The van der Waals surface area contributed by atoms with Gasteiger partial charge in [0.05, 0.1) is 48.6 Å². The number of carboxylic acid groups (broad SMARTS) is 2. The molecular weight excluding hydrogens is 532 g/mol. The standard InChI is InChI=1S/C31H38O10/c1-16-10-11-31(39)26(41-27(38)17-8-6-5-7-9-17)24-29(4,19(32)13-20-30(24,15-40-20)14-22(35)36)25(37)18(12-21(33)34)23(16)28(31,2)3/h5-9,18-20,24,26,32,39H,10-15H2,1-4H3,(H,33,34)(H,35,36). The van der Waals surface area contributed by atoms with Crippen molar-refractivity contribution in [2.24, 2.45) is 28.1 Å². The molecule has 4 aliphatic rings. The van der Waals surface area contributed by atoms with Gasteiger partial charge in [-0.3, -0.25) is 14.4 Å². The molecule has 2 bridgehead atoms. The molecule has 1 aromatic rings. The highest BCUT2D eigenvalue weighted by molar-refractivity contribution is 5.94. The topological polar surface area (TPSA) is 168 Å². The van der Waals surface area contributed by atoms with Gasteiger partial charge in [0.15, 0.2) is 0 Å². The van der Waals surface area contributed by atoms with Crippen LogP contribution in [0.15, 0.2) is 41.5 Å². The predicted octanol–water partition coefficient (Wildman–Crippen LogP) is 3.00. The number of allylic oxidation sites excluding steroid dienone is 1. The molecule has 0 radical (unpaired) electrons. The van der Waals surface area contributed by atoms with E-state index in [1.54, 1.807) is 44.2 Å². The van der Waals surface area contributed by atoms with Gasteiger partial charge in [-0.15, -0.1) is 0 Å². The minimum Gasteiger partial charge on any atom is -0.481 e. The zero-order valence-corrected chi connectivity index (χ0v) is 23.8. The zero-order chi connectivity index (χ0) is 30.1. The van der Waals surface area contributed by atoms with E-state index in [-0.39, 0.29) is 25.0 Å². The molecule has 1 heterocycles. The summed E-state index contributed by atoms with van der Waals surface area (Å²) in [6.45, 7) is 6.68. The Morgan fingerprint density at radius 2 is 1.73 bits per heavy atom. The molecule has 1 aliphatic heterocycles. The Hall–Kier alpha value is -3.08. The number of Topliss-reactive ketones (excluding diaryl/α,β-unsaturated/α-hetero) is 1. The summed E-state index contributed by atoms with van der Waals surface area (Å²) in [6.07, 6.45) is -4.17. The molecule has 1 saturated heterocycles. The van der Waals surface area contributed by atoms with Gasteiger partial charge < -0.3 is 29.9 Å². The number of hydrogen-bond acceptors (Lipinski definition) is 8. The number of rotatable bonds is 6. The molecule has 8 atom stereocenters. The second-order valence-electron chi connectivity index (χ2n) is 13.1. The number of ether oxygens (including phenoxy) is 2. The van der Waals surface area contributed by atoms with Gasteiger partial charge in [0.2, 0.25) is 0 Å². The first-order valence-corrected chi connectivity index (χ1v) is 14.1. The lowest BCUT2D eigenvalue weighted by Gasteiger charge is -2.68. The maximum absolute atomic E-state index is 14.8. The number of carbonyl (C=O) groups is 4. The SMILES string of the molecule is CC1=C2C(CC(=O)O)C(=O)C3(C)C(O)CC4OCC4(CC(=O)O)C3C(OC(=O)c3ccccc3)C(O)(CC1)C2(C)C. The fraction of sp³-hybridized carbons (Fsp3) is 0.613. The zero-order valence-electron chi connectivity index (χ0n) is 23.8. The van der Waals surface area contributed by atoms with Gasteiger partial charge in [0.25, 0.3) is 0 Å². The number of benzene rings is 1. The smallest absolute Gasteiger partial charge is 0.338 e. The van der Waals surface area contributed by atoms with Gasteiger partial charge in [-0.1, -0.05) is 43.2 Å². The predicted molar refractivity (Wildman–Crippen MR) is 144 cm³/mol. The third-order valence-corrected chi connectivity index (χ3v) is 10.8. The molecule has 2 saturated carbocycles. The Labute approximate surface area is 238 Å². The second-order valence-corrected chi connectivity index (χ2v) is 13.1. The summed E-state index contributed by atoms with van der Waals surface area (Å²) in [5.41, 5.74) is -4.66. The van der Waals surface area contributed by atoms with Gasteiger partial charge in [0, 0.05) is 23.2 Å². The van der Waals surface area contributed by atoms with Crippen LogP contribution in [0, 0.1) is 28.1 Å². The summed E-state index contributed by atoms with van der Waals surface area (Å²) in [6, 6.07) is 8.17. The van der Waals surface area contributed by atoms with E-state index in [1.807, 2.05) is 6.92 Å². The fourth-order valence-corrected chi connectivity index (χ4v) is 8.65. The molecule has 0 aromatic heterocycles. The van der Waals surface area contributed by atoms with Crippen LogP contribution in [0.1, 0.15) is 70.2 Å². The first-order valence-electron chi connectivity index (χ1n) is 14.1. The lowest BCUT2D eigenvalue weighted by molar-refractivity contribution is -0.318. The summed E-state index contributed by atoms with van der Waals surface area (Å²) in [5.74, 6) is -6.05. The number of ketones is 1. The van der Waals surface area contributed by atoms with Gasteiger partial charge in [-0.2, -0.15) is 0 Å². The average Bonchev–Trinajstić information content (AvgIpc) is 2.89. The number of hydrogen-bond donors (Lipinski definition) is 4. The summed E-state index contributed by atoms with van der Waals surface area (Å²) < 4.78 is 12.0. The number of aliphatic carboxylic acids is 2. The van der Waals surface area contributed by atoms with E-state index in [0.717, 1.165) is 5.57 Å². The van der Waals surface area contributed by atoms with Gasteiger partial charge in [0.1, 0.15) is 17.5 Å². The van der Waals surface area contributed by atoms with Crippen molar-refractivity contribution in [2.75, 3.05) is 6.61 Å². The molecule has 5 rings (SSSR count). The van der Waals surface area contributed by atoms with Gasteiger partial charge in [-0.25, -0.2) is 4.79 Å². The van der Waals surface area contributed by atoms with E-state index in [4.69, 9.17) is 9.47 Å². The Morgan fingerprint density at radius 3 is 2.29 bits per heavy atom. The largest absolute Gasteiger partial charge is 0.481 e. The Balaban J connectivity index is 1.81. The third kappa shape index (κ3) is 4.09. The maximum Gasteiger partial charge on any atom is 0.338 e. The average molecular weight is 571 g/mol. The van der Waals surface area contributed by atoms with Crippen LogP contribution in [-0.2, 0) is 23.9 Å². The Bertz CT molecular complexity index is 1320. The van der Waals surface area contributed by atoms with Crippen LogP contribution < -0.4 is 0 Å². The molecule has 3 aliphatic carbocycles. The van der Waals surface area contributed by atoms with Gasteiger partial charge >= 0.3 is 17.9 Å².